The minimum Gasteiger partial charge on any atom is -0.398 e. The summed E-state index contributed by atoms with van der Waals surface area (Å²) >= 11 is 5.93. The quantitative estimate of drug-likeness (QED) is 0.774. The molecule has 0 saturated heterocycles. The molecule has 2 heteroatoms. The van der Waals surface area contributed by atoms with Crippen molar-refractivity contribution in [1.82, 2.24) is 0 Å². The molecule has 2 aromatic rings. The molecule has 0 amide bonds. The van der Waals surface area contributed by atoms with E-state index in [9.17, 15) is 0 Å². The molecule has 18 heavy (non-hydrogen) atoms. The van der Waals surface area contributed by atoms with E-state index in [-0.39, 0.29) is 0 Å². The highest BCUT2D eigenvalue weighted by molar-refractivity contribution is 6.30. The Labute approximate surface area is 114 Å². The number of unbranched alkanes of at least 4 members (excludes halogenated alkanes) is 1. The predicted octanol–water partition coefficient (Wildman–Crippen LogP) is 4.93. The van der Waals surface area contributed by atoms with Crippen LogP contribution in [0.15, 0.2) is 42.5 Å². The molecule has 0 unspecified atom stereocenters. The maximum atomic E-state index is 6.10. The van der Waals surface area contributed by atoms with Gasteiger partial charge in [0.2, 0.25) is 0 Å². The van der Waals surface area contributed by atoms with Crippen molar-refractivity contribution in [3.8, 4) is 11.1 Å². The predicted molar refractivity (Wildman–Crippen MR) is 79.9 cm³/mol. The van der Waals surface area contributed by atoms with Crippen LogP contribution in [0.5, 0.6) is 0 Å². The van der Waals surface area contributed by atoms with Crippen LogP contribution in [0.3, 0.4) is 0 Å². The molecule has 2 aromatic carbocycles. The lowest BCUT2D eigenvalue weighted by Gasteiger charge is -2.12. The summed E-state index contributed by atoms with van der Waals surface area (Å²) in [5, 5.41) is 0.762. The molecule has 0 atom stereocenters. The van der Waals surface area contributed by atoms with Gasteiger partial charge < -0.3 is 5.73 Å². The normalized spacial score (nSPS) is 10.6. The number of nitrogen functional groups attached to an aromatic ring is 1. The fraction of sp³-hybridized carbons (Fsp3) is 0.250. The largest absolute Gasteiger partial charge is 0.398 e. The first-order valence-corrected chi connectivity index (χ1v) is 6.73. The Morgan fingerprint density at radius 1 is 1.06 bits per heavy atom. The number of benzene rings is 2. The molecule has 0 saturated carbocycles. The van der Waals surface area contributed by atoms with Crippen LogP contribution in [-0.2, 0) is 6.42 Å². The Morgan fingerprint density at radius 3 is 2.44 bits per heavy atom. The zero-order valence-electron chi connectivity index (χ0n) is 10.6. The first-order chi connectivity index (χ1) is 8.72. The van der Waals surface area contributed by atoms with E-state index in [0.29, 0.717) is 0 Å². The lowest BCUT2D eigenvalue weighted by molar-refractivity contribution is 0.797. The lowest BCUT2D eigenvalue weighted by Crippen LogP contribution is -1.97. The SMILES string of the molecule is CCCCc1c(N)cccc1-c1ccc(Cl)cc1. The molecular weight excluding hydrogens is 242 g/mol. The van der Waals surface area contributed by atoms with Crippen LogP contribution >= 0.6 is 11.6 Å². The van der Waals surface area contributed by atoms with Crippen molar-refractivity contribution in [2.24, 2.45) is 0 Å². The van der Waals surface area contributed by atoms with E-state index >= 15 is 0 Å². The van der Waals surface area contributed by atoms with Gasteiger partial charge >= 0.3 is 0 Å². The first kappa shape index (κ1) is 13.0. The monoisotopic (exact) mass is 259 g/mol. The van der Waals surface area contributed by atoms with E-state index < -0.39 is 0 Å². The Morgan fingerprint density at radius 2 is 1.78 bits per heavy atom. The average Bonchev–Trinajstić information content (AvgIpc) is 2.38. The van der Waals surface area contributed by atoms with E-state index in [2.05, 4.69) is 13.0 Å². The topological polar surface area (TPSA) is 26.0 Å². The highest BCUT2D eigenvalue weighted by atomic mass is 35.5. The molecule has 0 spiro atoms. The number of hydrogen-bond acceptors (Lipinski definition) is 1. The minimum atomic E-state index is 0.762. The van der Waals surface area contributed by atoms with E-state index in [4.69, 9.17) is 17.3 Å². The van der Waals surface area contributed by atoms with Crippen LogP contribution in [0.1, 0.15) is 25.3 Å². The number of anilines is 1. The van der Waals surface area contributed by atoms with Crippen molar-refractivity contribution >= 4 is 17.3 Å². The zero-order chi connectivity index (χ0) is 13.0. The van der Waals surface area contributed by atoms with Crippen molar-refractivity contribution in [3.05, 3.63) is 53.1 Å². The minimum absolute atomic E-state index is 0.762. The van der Waals surface area contributed by atoms with E-state index in [1.165, 1.54) is 23.1 Å². The van der Waals surface area contributed by atoms with Crippen molar-refractivity contribution in [2.45, 2.75) is 26.2 Å². The summed E-state index contributed by atoms with van der Waals surface area (Å²) in [5.74, 6) is 0. The van der Waals surface area contributed by atoms with Gasteiger partial charge in [0, 0.05) is 10.7 Å². The second-order valence-corrected chi connectivity index (χ2v) is 4.92. The van der Waals surface area contributed by atoms with Gasteiger partial charge in [-0.25, -0.2) is 0 Å². The molecule has 0 aliphatic rings. The summed E-state index contributed by atoms with van der Waals surface area (Å²) in [5.41, 5.74) is 10.6. The summed E-state index contributed by atoms with van der Waals surface area (Å²) in [6.07, 6.45) is 3.37. The summed E-state index contributed by atoms with van der Waals surface area (Å²) in [6.45, 7) is 2.20. The lowest BCUT2D eigenvalue weighted by atomic mass is 9.95. The van der Waals surface area contributed by atoms with Gasteiger partial charge in [0.25, 0.3) is 0 Å². The van der Waals surface area contributed by atoms with Gasteiger partial charge in [0.05, 0.1) is 0 Å². The van der Waals surface area contributed by atoms with Gasteiger partial charge in [-0.3, -0.25) is 0 Å². The first-order valence-electron chi connectivity index (χ1n) is 6.35. The molecule has 0 fully saturated rings. The summed E-state index contributed by atoms with van der Waals surface area (Å²) in [4.78, 5) is 0. The standard InChI is InChI=1S/C16H18ClN/c1-2-3-5-15-14(6-4-7-16(15)18)12-8-10-13(17)11-9-12/h4,6-11H,2-3,5,18H2,1H3. The van der Waals surface area contributed by atoms with Crippen molar-refractivity contribution in [1.29, 1.82) is 0 Å². The van der Waals surface area contributed by atoms with Gasteiger partial charge in [-0.1, -0.05) is 49.2 Å². The van der Waals surface area contributed by atoms with Gasteiger partial charge in [-0.05, 0) is 47.7 Å². The number of hydrogen-bond donors (Lipinski definition) is 1. The maximum absolute atomic E-state index is 6.10. The Bertz CT molecular complexity index is 517. The van der Waals surface area contributed by atoms with E-state index in [1.54, 1.807) is 0 Å². The molecule has 0 heterocycles. The molecular formula is C16H18ClN. The molecule has 0 radical (unpaired) electrons. The van der Waals surface area contributed by atoms with Crippen molar-refractivity contribution in [2.75, 3.05) is 5.73 Å². The van der Waals surface area contributed by atoms with Crippen LogP contribution in [0, 0.1) is 0 Å². The second kappa shape index (κ2) is 5.92. The summed E-state index contributed by atoms with van der Waals surface area (Å²) < 4.78 is 0. The molecule has 0 aromatic heterocycles. The van der Waals surface area contributed by atoms with Crippen molar-refractivity contribution < 1.29 is 0 Å². The third-order valence-electron chi connectivity index (χ3n) is 3.15. The van der Waals surface area contributed by atoms with E-state index in [0.717, 1.165) is 23.6 Å². The second-order valence-electron chi connectivity index (χ2n) is 4.48. The molecule has 2 N–H and O–H groups in total. The Kier molecular flexibility index (Phi) is 4.27. The molecule has 0 aliphatic carbocycles. The van der Waals surface area contributed by atoms with Gasteiger partial charge in [0.1, 0.15) is 0 Å². The zero-order valence-corrected chi connectivity index (χ0v) is 11.4. The molecule has 2 rings (SSSR count). The van der Waals surface area contributed by atoms with Crippen LogP contribution in [-0.4, -0.2) is 0 Å². The summed E-state index contributed by atoms with van der Waals surface area (Å²) in [7, 11) is 0. The number of rotatable bonds is 4. The van der Waals surface area contributed by atoms with Crippen LogP contribution in [0.2, 0.25) is 5.02 Å². The fourth-order valence-corrected chi connectivity index (χ4v) is 2.26. The Hall–Kier alpha value is -1.47. The molecule has 0 bridgehead atoms. The fourth-order valence-electron chi connectivity index (χ4n) is 2.14. The highest BCUT2D eigenvalue weighted by Gasteiger charge is 2.07. The Balaban J connectivity index is 2.43. The van der Waals surface area contributed by atoms with Crippen LogP contribution < -0.4 is 5.73 Å². The average molecular weight is 260 g/mol. The smallest absolute Gasteiger partial charge is 0.0406 e. The van der Waals surface area contributed by atoms with E-state index in [1.807, 2.05) is 36.4 Å². The molecule has 94 valence electrons. The highest BCUT2D eigenvalue weighted by Crippen LogP contribution is 2.29. The van der Waals surface area contributed by atoms with Crippen LogP contribution in [0.25, 0.3) is 11.1 Å². The van der Waals surface area contributed by atoms with Crippen LogP contribution in [0.4, 0.5) is 5.69 Å². The third-order valence-corrected chi connectivity index (χ3v) is 3.40. The molecule has 0 aliphatic heterocycles. The third kappa shape index (κ3) is 2.85. The maximum Gasteiger partial charge on any atom is 0.0406 e. The van der Waals surface area contributed by atoms with Gasteiger partial charge in [0.15, 0.2) is 0 Å². The number of halogens is 1. The van der Waals surface area contributed by atoms with Gasteiger partial charge in [-0.2, -0.15) is 0 Å². The molecule has 1 nitrogen and oxygen atoms in total. The van der Waals surface area contributed by atoms with Gasteiger partial charge in [-0.15, -0.1) is 0 Å². The van der Waals surface area contributed by atoms with Crippen molar-refractivity contribution in [3.63, 3.8) is 0 Å². The summed E-state index contributed by atoms with van der Waals surface area (Å²) in [6, 6.07) is 14.1. The number of nitrogens with two attached hydrogens (primary N) is 1.